The zero-order valence-electron chi connectivity index (χ0n) is 18.5. The van der Waals surface area contributed by atoms with E-state index in [1.165, 1.54) is 40.2 Å². The molecule has 0 aliphatic carbocycles. The number of likely N-dealkylation sites (tertiary alicyclic amines) is 1. The Morgan fingerprint density at radius 2 is 1.94 bits per heavy atom. The number of aryl methyl sites for hydroxylation is 1. The Hall–Kier alpha value is -3.43. The molecule has 0 bridgehead atoms. The lowest BCUT2D eigenvalue weighted by Gasteiger charge is -2.23. The number of nitrogens with one attached hydrogen (secondary N) is 2. The fourth-order valence-electron chi connectivity index (χ4n) is 4.25. The number of fused-ring (bicyclic) bond motifs is 2. The highest BCUT2D eigenvalue weighted by molar-refractivity contribution is 7.89. The number of carbonyl (C=O) groups excluding carboxylic acids is 2. The van der Waals surface area contributed by atoms with Crippen molar-refractivity contribution in [3.05, 3.63) is 58.1 Å². The van der Waals surface area contributed by atoms with Crippen molar-refractivity contribution in [2.75, 3.05) is 25.0 Å². The number of nitrogens with zero attached hydrogens (tertiary/aromatic N) is 3. The SMILES string of the molecule is Cn1cc2c(c1C(=O)Nc1cc(F)c(F)c(F)c1)OC[C@@H]1CN(C(=O)c3nccs3)C[C@@H]1NS2(=O)=O. The normalized spacial score (nSPS) is 20.6. The third-order valence-corrected chi connectivity index (χ3v) is 8.18. The van der Waals surface area contributed by atoms with Crippen molar-refractivity contribution in [2.24, 2.45) is 13.0 Å². The largest absolute Gasteiger partial charge is 0.489 e. The molecule has 0 radical (unpaired) electrons. The number of amides is 2. The molecule has 0 unspecified atom stereocenters. The number of aromatic nitrogens is 2. The van der Waals surface area contributed by atoms with E-state index in [4.69, 9.17) is 4.74 Å². The van der Waals surface area contributed by atoms with Crippen LogP contribution in [-0.2, 0) is 17.1 Å². The molecule has 2 amide bonds. The van der Waals surface area contributed by atoms with E-state index < -0.39 is 45.3 Å². The Balaban J connectivity index is 1.42. The maximum absolute atomic E-state index is 13.6. The average Bonchev–Trinajstić information content (AvgIpc) is 3.54. The Kier molecular flexibility index (Phi) is 6.00. The second kappa shape index (κ2) is 8.90. The van der Waals surface area contributed by atoms with E-state index in [0.29, 0.717) is 12.1 Å². The summed E-state index contributed by atoms with van der Waals surface area (Å²) in [7, 11) is -2.78. The highest BCUT2D eigenvalue weighted by Gasteiger charge is 2.42. The molecule has 3 aromatic rings. The van der Waals surface area contributed by atoms with Gasteiger partial charge in [-0.2, -0.15) is 0 Å². The summed E-state index contributed by atoms with van der Waals surface area (Å²) < 4.78 is 76.4. The van der Waals surface area contributed by atoms with Crippen LogP contribution < -0.4 is 14.8 Å². The van der Waals surface area contributed by atoms with Crippen LogP contribution in [0.2, 0.25) is 0 Å². The maximum Gasteiger partial charge on any atom is 0.282 e. The molecular weight excluding hydrogens is 523 g/mol. The lowest BCUT2D eigenvalue weighted by atomic mass is 10.1. The predicted molar refractivity (Wildman–Crippen MR) is 121 cm³/mol. The molecule has 10 nitrogen and oxygen atoms in total. The van der Waals surface area contributed by atoms with Gasteiger partial charge in [-0.05, 0) is 0 Å². The number of anilines is 1. The fourth-order valence-corrected chi connectivity index (χ4v) is 6.34. The van der Waals surface area contributed by atoms with Gasteiger partial charge in [0.15, 0.2) is 33.9 Å². The summed E-state index contributed by atoms with van der Waals surface area (Å²) >= 11 is 1.17. The van der Waals surface area contributed by atoms with E-state index in [1.54, 1.807) is 5.38 Å². The van der Waals surface area contributed by atoms with Gasteiger partial charge in [-0.1, -0.05) is 0 Å². The molecule has 15 heteroatoms. The minimum Gasteiger partial charge on any atom is -0.489 e. The number of ether oxygens (including phenoxy) is 1. The van der Waals surface area contributed by atoms with Crippen LogP contribution in [0.1, 0.15) is 20.3 Å². The average molecular weight is 542 g/mol. The first-order valence-corrected chi connectivity index (χ1v) is 12.9. The van der Waals surface area contributed by atoms with Crippen LogP contribution in [0.25, 0.3) is 0 Å². The second-order valence-corrected chi connectivity index (χ2v) is 10.9. The number of benzene rings is 1. The van der Waals surface area contributed by atoms with Gasteiger partial charge in [0.25, 0.3) is 11.8 Å². The van der Waals surface area contributed by atoms with Gasteiger partial charge >= 0.3 is 0 Å². The molecule has 1 aromatic carbocycles. The summed E-state index contributed by atoms with van der Waals surface area (Å²) in [6, 6.07) is 0.563. The summed E-state index contributed by atoms with van der Waals surface area (Å²) in [5, 5.41) is 4.18. The lowest BCUT2D eigenvalue weighted by molar-refractivity contribution is 0.0781. The molecule has 1 saturated heterocycles. The molecule has 190 valence electrons. The standard InChI is InChI=1S/C21H18F3N5O5S2/c1-28-8-15-18(17(28)19(30)26-11-4-12(22)16(24)13(23)5-11)34-9-10-6-29(7-14(10)27-36(15,32)33)21(31)20-25-2-3-35-20/h2-5,8,10,14,27H,6-7,9H2,1H3,(H,26,30)/t10-,14-/m0/s1. The minimum atomic E-state index is -4.18. The zero-order valence-corrected chi connectivity index (χ0v) is 20.1. The van der Waals surface area contributed by atoms with Crippen molar-refractivity contribution in [3.63, 3.8) is 0 Å². The molecule has 0 spiro atoms. The van der Waals surface area contributed by atoms with Gasteiger partial charge in [0.1, 0.15) is 4.90 Å². The molecule has 1 fully saturated rings. The number of carbonyl (C=O) groups is 2. The van der Waals surface area contributed by atoms with E-state index in [1.807, 2.05) is 0 Å². The topological polar surface area (TPSA) is 123 Å². The molecule has 2 aliphatic rings. The summed E-state index contributed by atoms with van der Waals surface area (Å²) in [6.07, 6.45) is 2.67. The smallest absolute Gasteiger partial charge is 0.282 e. The zero-order chi connectivity index (χ0) is 25.8. The Morgan fingerprint density at radius 3 is 2.61 bits per heavy atom. The predicted octanol–water partition coefficient (Wildman–Crippen LogP) is 1.96. The van der Waals surface area contributed by atoms with Crippen molar-refractivity contribution in [1.29, 1.82) is 0 Å². The highest BCUT2D eigenvalue weighted by atomic mass is 32.2. The van der Waals surface area contributed by atoms with E-state index in [9.17, 15) is 31.2 Å². The molecule has 4 heterocycles. The van der Waals surface area contributed by atoms with Gasteiger partial charge < -0.3 is 19.5 Å². The van der Waals surface area contributed by atoms with Gasteiger partial charge in [0, 0.05) is 67.7 Å². The van der Waals surface area contributed by atoms with Crippen LogP contribution in [0.15, 0.2) is 34.8 Å². The van der Waals surface area contributed by atoms with Crippen molar-refractivity contribution in [2.45, 2.75) is 10.9 Å². The first-order valence-electron chi connectivity index (χ1n) is 10.5. The van der Waals surface area contributed by atoms with E-state index in [-0.39, 0.29) is 52.6 Å². The molecule has 2 atom stereocenters. The molecule has 2 aromatic heterocycles. The van der Waals surface area contributed by atoms with Gasteiger partial charge in [-0.15, -0.1) is 11.3 Å². The second-order valence-electron chi connectivity index (χ2n) is 8.34. The number of rotatable bonds is 3. The minimum absolute atomic E-state index is 0.0219. The molecular formula is C21H18F3N5O5S2. The quantitative estimate of drug-likeness (QED) is 0.489. The first-order chi connectivity index (χ1) is 17.0. The van der Waals surface area contributed by atoms with Crippen molar-refractivity contribution >= 4 is 38.9 Å². The fraction of sp³-hybridized carbons (Fsp3) is 0.286. The van der Waals surface area contributed by atoms with E-state index >= 15 is 0 Å². The van der Waals surface area contributed by atoms with Gasteiger partial charge in [0.05, 0.1) is 6.61 Å². The van der Waals surface area contributed by atoms with Crippen molar-refractivity contribution in [1.82, 2.24) is 19.2 Å². The van der Waals surface area contributed by atoms with Gasteiger partial charge in [0.2, 0.25) is 10.0 Å². The summed E-state index contributed by atoms with van der Waals surface area (Å²) in [5.41, 5.74) is -0.599. The van der Waals surface area contributed by atoms with Crippen molar-refractivity contribution in [3.8, 4) is 5.75 Å². The van der Waals surface area contributed by atoms with Gasteiger partial charge in [-0.3, -0.25) is 9.59 Å². The highest BCUT2D eigenvalue weighted by Crippen LogP contribution is 2.35. The van der Waals surface area contributed by atoms with Crippen LogP contribution in [-0.4, -0.2) is 60.4 Å². The molecule has 36 heavy (non-hydrogen) atoms. The number of thiazole rings is 1. The van der Waals surface area contributed by atoms with Crippen LogP contribution in [0, 0.1) is 23.4 Å². The monoisotopic (exact) mass is 541 g/mol. The van der Waals surface area contributed by atoms with Gasteiger partial charge in [-0.25, -0.2) is 31.3 Å². The number of hydrogen-bond donors (Lipinski definition) is 2. The third kappa shape index (κ3) is 4.22. The molecule has 2 aliphatic heterocycles. The summed E-state index contributed by atoms with van der Waals surface area (Å²) in [5.74, 6) is -6.62. The Bertz CT molecular complexity index is 1450. The lowest BCUT2D eigenvalue weighted by Crippen LogP contribution is -2.43. The van der Waals surface area contributed by atoms with Crippen molar-refractivity contribution < 1.29 is 35.9 Å². The molecule has 2 N–H and O–H groups in total. The molecule has 5 rings (SSSR count). The van der Waals surface area contributed by atoms with E-state index in [2.05, 4.69) is 15.0 Å². The number of halogens is 3. The summed E-state index contributed by atoms with van der Waals surface area (Å²) in [6.45, 7) is 0.290. The number of sulfonamides is 1. The van der Waals surface area contributed by atoms with E-state index in [0.717, 1.165) is 0 Å². The molecule has 0 saturated carbocycles. The Morgan fingerprint density at radius 1 is 1.22 bits per heavy atom. The Labute approximate surface area is 206 Å². The van der Waals surface area contributed by atoms with Crippen LogP contribution in [0.3, 0.4) is 0 Å². The first kappa shape index (κ1) is 24.3. The third-order valence-electron chi connectivity index (χ3n) is 5.94. The number of hydrogen-bond acceptors (Lipinski definition) is 7. The van der Waals surface area contributed by atoms with Crippen LogP contribution in [0.4, 0.5) is 18.9 Å². The van der Waals surface area contributed by atoms with Crippen LogP contribution >= 0.6 is 11.3 Å². The maximum atomic E-state index is 13.6. The summed E-state index contributed by atoms with van der Waals surface area (Å²) in [4.78, 5) is 30.8. The van der Waals surface area contributed by atoms with Crippen LogP contribution in [0.5, 0.6) is 5.75 Å².